The van der Waals surface area contributed by atoms with E-state index in [0.717, 1.165) is 18.1 Å². The van der Waals surface area contributed by atoms with Crippen molar-refractivity contribution in [2.24, 2.45) is 5.73 Å². The van der Waals surface area contributed by atoms with Gasteiger partial charge in [-0.05, 0) is 65.2 Å². The molecule has 4 aromatic rings. The first kappa shape index (κ1) is 31.0. The zero-order chi connectivity index (χ0) is 30.5. The lowest BCUT2D eigenvalue weighted by atomic mass is 10.0. The average molecular weight is 570 g/mol. The van der Waals surface area contributed by atoms with E-state index in [4.69, 9.17) is 36.3 Å². The number of nitrogens with one attached hydrogen (secondary N) is 3. The molecule has 1 amide bonds. The Labute approximate surface area is 244 Å². The summed E-state index contributed by atoms with van der Waals surface area (Å²) >= 11 is 0. The van der Waals surface area contributed by atoms with Gasteiger partial charge in [-0.25, -0.2) is 0 Å². The van der Waals surface area contributed by atoms with Crippen molar-refractivity contribution >= 4 is 29.1 Å². The Morgan fingerprint density at radius 3 is 2.14 bits per heavy atom. The molecule has 42 heavy (non-hydrogen) atoms. The zero-order valence-electron chi connectivity index (χ0n) is 23.5. The molecule has 4 rings (SSSR count). The number of carbonyl (C=O) groups excluding carboxylic acids is 1. The molecule has 218 valence electrons. The minimum Gasteiger partial charge on any atom is -0.493 e. The summed E-state index contributed by atoms with van der Waals surface area (Å²) in [4.78, 5) is 22.4. The molecule has 1 atom stereocenters. The van der Waals surface area contributed by atoms with E-state index in [0.29, 0.717) is 47.2 Å². The van der Waals surface area contributed by atoms with Gasteiger partial charge in [0.15, 0.2) is 11.5 Å². The van der Waals surface area contributed by atoms with Gasteiger partial charge in [-0.3, -0.25) is 15.0 Å². The number of nitrogen functional groups attached to an aromatic ring is 2. The zero-order valence-corrected chi connectivity index (χ0v) is 23.5. The minimum atomic E-state index is -0.833. The van der Waals surface area contributed by atoms with Crippen LogP contribution in [0.25, 0.3) is 0 Å². The van der Waals surface area contributed by atoms with Crippen LogP contribution in [-0.2, 0) is 22.7 Å². The maximum atomic E-state index is 13.4. The van der Waals surface area contributed by atoms with Crippen molar-refractivity contribution in [3.63, 3.8) is 0 Å². The number of carbonyl (C=O) groups is 2. The standard InChI is InChI=1S/C30H31N5O3.C2H4O2/c1-37-27-17-23(11-16-26(27)38-19-21-5-3-2-4-6-21)28(35-25-14-9-22(10-15-25)29(32)33)30(36)34-18-20-7-12-24(31)13-8-20;1-2(3)4/h2-17,28,35H,18-19,31H2,1H3,(H3,32,33)(H,34,36);1H3,(H,3,4)/t28-;/m1./s1. The molecule has 0 spiro atoms. The molecule has 0 aliphatic heterocycles. The van der Waals surface area contributed by atoms with Crippen LogP contribution < -0.4 is 31.6 Å². The van der Waals surface area contributed by atoms with Crippen LogP contribution in [0.3, 0.4) is 0 Å². The second-order valence-electron chi connectivity index (χ2n) is 9.23. The molecule has 0 bridgehead atoms. The average Bonchev–Trinajstić information content (AvgIpc) is 2.99. The van der Waals surface area contributed by atoms with Crippen molar-refractivity contribution in [1.29, 1.82) is 5.41 Å². The number of methoxy groups -OCH3 is 1. The fraction of sp³-hybridized carbons (Fsp3) is 0.156. The van der Waals surface area contributed by atoms with E-state index in [9.17, 15) is 4.79 Å². The molecule has 0 fully saturated rings. The molecule has 0 unspecified atom stereocenters. The number of carboxylic acids is 1. The molecular weight excluding hydrogens is 534 g/mol. The van der Waals surface area contributed by atoms with Crippen LogP contribution in [0, 0.1) is 5.41 Å². The maximum Gasteiger partial charge on any atom is 0.300 e. The lowest BCUT2D eigenvalue weighted by Gasteiger charge is -2.22. The van der Waals surface area contributed by atoms with Crippen LogP contribution in [0.1, 0.15) is 35.2 Å². The Morgan fingerprint density at radius 2 is 1.55 bits per heavy atom. The highest BCUT2D eigenvalue weighted by Crippen LogP contribution is 2.32. The number of anilines is 2. The minimum absolute atomic E-state index is 0.0230. The van der Waals surface area contributed by atoms with Crippen molar-refractivity contribution in [1.82, 2.24) is 5.32 Å². The van der Waals surface area contributed by atoms with Crippen LogP contribution >= 0.6 is 0 Å². The van der Waals surface area contributed by atoms with Gasteiger partial charge in [0.2, 0.25) is 5.91 Å². The lowest BCUT2D eigenvalue weighted by Crippen LogP contribution is -2.33. The van der Waals surface area contributed by atoms with E-state index < -0.39 is 12.0 Å². The van der Waals surface area contributed by atoms with Gasteiger partial charge in [-0.15, -0.1) is 0 Å². The van der Waals surface area contributed by atoms with Crippen molar-refractivity contribution in [3.05, 3.63) is 119 Å². The summed E-state index contributed by atoms with van der Waals surface area (Å²) in [5.41, 5.74) is 16.0. The Balaban J connectivity index is 0.00000114. The molecule has 10 heteroatoms. The fourth-order valence-corrected chi connectivity index (χ4v) is 3.86. The summed E-state index contributed by atoms with van der Waals surface area (Å²) in [6.45, 7) is 1.82. The highest BCUT2D eigenvalue weighted by molar-refractivity contribution is 5.95. The van der Waals surface area contributed by atoms with Gasteiger partial charge in [0.05, 0.1) is 7.11 Å². The van der Waals surface area contributed by atoms with E-state index in [1.165, 1.54) is 0 Å². The highest BCUT2D eigenvalue weighted by Gasteiger charge is 2.22. The number of carboxylic acid groups (broad SMARTS) is 1. The van der Waals surface area contributed by atoms with Gasteiger partial charge in [0, 0.05) is 30.4 Å². The Kier molecular flexibility index (Phi) is 11.3. The Bertz CT molecular complexity index is 1470. The summed E-state index contributed by atoms with van der Waals surface area (Å²) in [5.74, 6) is 0.0121. The second kappa shape index (κ2) is 15.3. The third-order valence-corrected chi connectivity index (χ3v) is 5.97. The number of aliphatic carboxylic acids is 1. The SMILES string of the molecule is CC(=O)O.COc1cc([C@@H](Nc2ccc(C(=N)N)cc2)C(=O)NCc2ccc(N)cc2)ccc1OCc1ccccc1. The predicted octanol–water partition coefficient (Wildman–Crippen LogP) is 4.70. The summed E-state index contributed by atoms with van der Waals surface area (Å²) in [5, 5.41) is 21.3. The molecular formula is C32H35N5O5. The van der Waals surface area contributed by atoms with Gasteiger partial charge in [-0.1, -0.05) is 48.5 Å². The number of amides is 1. The number of ether oxygens (including phenoxy) is 2. The maximum absolute atomic E-state index is 13.4. The monoisotopic (exact) mass is 569 g/mol. The highest BCUT2D eigenvalue weighted by atomic mass is 16.5. The van der Waals surface area contributed by atoms with Crippen LogP contribution in [-0.4, -0.2) is 29.9 Å². The molecule has 10 nitrogen and oxygen atoms in total. The predicted molar refractivity (Wildman–Crippen MR) is 164 cm³/mol. The number of hydrogen-bond acceptors (Lipinski definition) is 7. The molecule has 0 aliphatic rings. The molecule has 0 heterocycles. The van der Waals surface area contributed by atoms with E-state index in [2.05, 4.69) is 10.6 Å². The number of hydrogen-bond donors (Lipinski definition) is 6. The first-order valence-electron chi connectivity index (χ1n) is 13.0. The first-order chi connectivity index (χ1) is 20.2. The van der Waals surface area contributed by atoms with Crippen molar-refractivity contribution < 1.29 is 24.2 Å². The third kappa shape index (κ3) is 9.60. The molecule has 0 saturated heterocycles. The largest absolute Gasteiger partial charge is 0.493 e. The summed E-state index contributed by atoms with van der Waals surface area (Å²) in [6, 6.07) is 28.9. The molecule has 0 aliphatic carbocycles. The van der Waals surface area contributed by atoms with Gasteiger partial charge in [0.25, 0.3) is 5.97 Å². The third-order valence-electron chi connectivity index (χ3n) is 5.97. The van der Waals surface area contributed by atoms with Crippen LogP contribution in [0.4, 0.5) is 11.4 Å². The second-order valence-corrected chi connectivity index (χ2v) is 9.23. The van der Waals surface area contributed by atoms with Crippen molar-refractivity contribution in [2.75, 3.05) is 18.2 Å². The summed E-state index contributed by atoms with van der Waals surface area (Å²) in [6.07, 6.45) is 0. The van der Waals surface area contributed by atoms with E-state index in [-0.39, 0.29) is 11.7 Å². The summed E-state index contributed by atoms with van der Waals surface area (Å²) < 4.78 is 11.6. The topological polar surface area (TPSA) is 173 Å². The van der Waals surface area contributed by atoms with Gasteiger partial charge >= 0.3 is 0 Å². The Morgan fingerprint density at radius 1 is 0.905 bits per heavy atom. The number of benzene rings is 4. The fourth-order valence-electron chi connectivity index (χ4n) is 3.86. The molecule has 8 N–H and O–H groups in total. The van der Waals surface area contributed by atoms with E-state index >= 15 is 0 Å². The van der Waals surface area contributed by atoms with E-state index in [1.807, 2.05) is 48.5 Å². The van der Waals surface area contributed by atoms with Crippen LogP contribution in [0.15, 0.2) is 97.1 Å². The van der Waals surface area contributed by atoms with Crippen molar-refractivity contribution in [3.8, 4) is 11.5 Å². The van der Waals surface area contributed by atoms with E-state index in [1.54, 1.807) is 55.6 Å². The van der Waals surface area contributed by atoms with Gasteiger partial charge in [0.1, 0.15) is 18.5 Å². The molecule has 0 saturated carbocycles. The molecule has 4 aromatic carbocycles. The molecule has 0 radical (unpaired) electrons. The normalized spacial score (nSPS) is 10.8. The van der Waals surface area contributed by atoms with Crippen LogP contribution in [0.5, 0.6) is 11.5 Å². The van der Waals surface area contributed by atoms with Crippen molar-refractivity contribution in [2.45, 2.75) is 26.1 Å². The summed E-state index contributed by atoms with van der Waals surface area (Å²) in [7, 11) is 1.57. The number of amidine groups is 1. The molecule has 0 aromatic heterocycles. The lowest BCUT2D eigenvalue weighted by molar-refractivity contribution is -0.134. The van der Waals surface area contributed by atoms with Crippen LogP contribution in [0.2, 0.25) is 0 Å². The quantitative estimate of drug-likeness (QED) is 0.0856. The first-order valence-corrected chi connectivity index (χ1v) is 13.0. The van der Waals surface area contributed by atoms with Gasteiger partial charge < -0.3 is 36.7 Å². The van der Waals surface area contributed by atoms with Gasteiger partial charge in [-0.2, -0.15) is 0 Å². The smallest absolute Gasteiger partial charge is 0.300 e. The number of nitrogens with two attached hydrogens (primary N) is 2. The number of rotatable bonds is 11. The Hall–Kier alpha value is -5.51.